The summed E-state index contributed by atoms with van der Waals surface area (Å²) in [6.45, 7) is 2.60. The van der Waals surface area contributed by atoms with Crippen LogP contribution in [0.15, 0.2) is 64.0 Å². The van der Waals surface area contributed by atoms with Gasteiger partial charge in [-0.05, 0) is 49.7 Å². The van der Waals surface area contributed by atoms with E-state index in [0.29, 0.717) is 23.4 Å². The molecule has 0 saturated carbocycles. The first-order valence-electron chi connectivity index (χ1n) is 9.46. The summed E-state index contributed by atoms with van der Waals surface area (Å²) in [5.74, 6) is 1.37. The van der Waals surface area contributed by atoms with Crippen molar-refractivity contribution in [2.75, 3.05) is 16.8 Å². The van der Waals surface area contributed by atoms with E-state index in [1.807, 2.05) is 61.5 Å². The molecular weight excluding hydrogens is 386 g/mol. The van der Waals surface area contributed by atoms with E-state index in [2.05, 4.69) is 10.5 Å². The molecule has 3 aromatic rings. The van der Waals surface area contributed by atoms with Crippen LogP contribution in [0, 0.1) is 6.92 Å². The fourth-order valence-electron chi connectivity index (χ4n) is 3.26. The topological polar surface area (TPSA) is 75.4 Å². The number of benzene rings is 2. The third kappa shape index (κ3) is 4.51. The molecule has 2 amide bonds. The van der Waals surface area contributed by atoms with Gasteiger partial charge in [0.15, 0.2) is 0 Å². The highest BCUT2D eigenvalue weighted by molar-refractivity contribution is 7.98. The van der Waals surface area contributed by atoms with Crippen molar-refractivity contribution in [2.24, 2.45) is 0 Å². The van der Waals surface area contributed by atoms with Gasteiger partial charge in [-0.15, -0.1) is 11.8 Å². The van der Waals surface area contributed by atoms with Crippen LogP contribution >= 0.6 is 11.8 Å². The molecular formula is C22H21N3O3S. The van der Waals surface area contributed by atoms with E-state index in [1.54, 1.807) is 16.7 Å². The van der Waals surface area contributed by atoms with E-state index in [4.69, 9.17) is 4.52 Å². The summed E-state index contributed by atoms with van der Waals surface area (Å²) < 4.78 is 5.10. The zero-order chi connectivity index (χ0) is 20.2. The molecule has 1 aromatic heterocycles. The molecule has 1 fully saturated rings. The largest absolute Gasteiger partial charge is 0.361 e. The summed E-state index contributed by atoms with van der Waals surface area (Å²) >= 11 is 1.54. The third-order valence-corrected chi connectivity index (χ3v) is 5.80. The SMILES string of the molecule is Cc1cc(CSc2ccccc2C(=O)Nc2ccc(N3CCCC3=O)cc2)no1. The van der Waals surface area contributed by atoms with E-state index >= 15 is 0 Å². The summed E-state index contributed by atoms with van der Waals surface area (Å²) in [6.07, 6.45) is 1.49. The highest BCUT2D eigenvalue weighted by Gasteiger charge is 2.21. The number of aryl methyl sites for hydroxylation is 1. The molecule has 0 bridgehead atoms. The van der Waals surface area contributed by atoms with Gasteiger partial charge in [-0.2, -0.15) is 0 Å². The number of rotatable bonds is 6. The maximum atomic E-state index is 12.8. The van der Waals surface area contributed by atoms with Crippen LogP contribution < -0.4 is 10.2 Å². The number of carbonyl (C=O) groups excluding carboxylic acids is 2. The second-order valence-electron chi connectivity index (χ2n) is 6.86. The van der Waals surface area contributed by atoms with E-state index in [9.17, 15) is 9.59 Å². The minimum atomic E-state index is -0.172. The van der Waals surface area contributed by atoms with Crippen LogP contribution in [0.1, 0.15) is 34.7 Å². The second-order valence-corrected chi connectivity index (χ2v) is 7.88. The van der Waals surface area contributed by atoms with Crippen LogP contribution in [0.25, 0.3) is 0 Å². The summed E-state index contributed by atoms with van der Waals surface area (Å²) in [6, 6.07) is 16.8. The molecule has 1 aliphatic heterocycles. The van der Waals surface area contributed by atoms with Crippen molar-refractivity contribution >= 4 is 35.0 Å². The summed E-state index contributed by atoms with van der Waals surface area (Å²) in [5, 5.41) is 6.94. The maximum absolute atomic E-state index is 12.8. The molecule has 2 aromatic carbocycles. The molecule has 0 unspecified atom stereocenters. The normalized spacial score (nSPS) is 13.7. The number of carbonyl (C=O) groups is 2. The van der Waals surface area contributed by atoms with Gasteiger partial charge in [0.25, 0.3) is 5.91 Å². The Labute approximate surface area is 173 Å². The lowest BCUT2D eigenvalue weighted by Crippen LogP contribution is -2.23. The third-order valence-electron chi connectivity index (χ3n) is 4.69. The van der Waals surface area contributed by atoms with Crippen molar-refractivity contribution in [1.29, 1.82) is 0 Å². The second kappa shape index (κ2) is 8.53. The van der Waals surface area contributed by atoms with Crippen molar-refractivity contribution in [3.05, 3.63) is 71.6 Å². The zero-order valence-corrected chi connectivity index (χ0v) is 16.9. The standard InChI is InChI=1S/C22H21N3O3S/c1-15-13-17(24-28-15)14-29-20-6-3-2-5-19(20)22(27)23-16-8-10-18(11-9-16)25-12-4-7-21(25)26/h2-3,5-6,8-11,13H,4,7,12,14H2,1H3,(H,23,27). The Bertz CT molecular complexity index is 1030. The monoisotopic (exact) mass is 407 g/mol. The van der Waals surface area contributed by atoms with E-state index < -0.39 is 0 Å². The molecule has 7 heteroatoms. The molecule has 0 atom stereocenters. The first-order chi connectivity index (χ1) is 14.1. The first-order valence-corrected chi connectivity index (χ1v) is 10.4. The van der Waals surface area contributed by atoms with Crippen LogP contribution in [0.4, 0.5) is 11.4 Å². The molecule has 2 heterocycles. The van der Waals surface area contributed by atoms with Crippen molar-refractivity contribution in [2.45, 2.75) is 30.4 Å². The lowest BCUT2D eigenvalue weighted by molar-refractivity contribution is -0.117. The number of thioether (sulfide) groups is 1. The van der Waals surface area contributed by atoms with Gasteiger partial charge in [0.05, 0.1) is 11.3 Å². The molecule has 0 aliphatic carbocycles. The molecule has 1 aliphatic rings. The Morgan fingerprint density at radius 3 is 2.69 bits per heavy atom. The lowest BCUT2D eigenvalue weighted by Gasteiger charge is -2.16. The molecule has 1 saturated heterocycles. The Hall–Kier alpha value is -3.06. The smallest absolute Gasteiger partial charge is 0.256 e. The summed E-state index contributed by atoms with van der Waals surface area (Å²) in [4.78, 5) is 27.3. The van der Waals surface area contributed by atoms with Crippen molar-refractivity contribution in [3.63, 3.8) is 0 Å². The molecule has 6 nitrogen and oxygen atoms in total. The van der Waals surface area contributed by atoms with Gasteiger partial charge in [0, 0.05) is 41.1 Å². The molecule has 4 rings (SSSR count). The zero-order valence-electron chi connectivity index (χ0n) is 16.1. The Balaban J connectivity index is 1.43. The highest BCUT2D eigenvalue weighted by Crippen LogP contribution is 2.28. The van der Waals surface area contributed by atoms with Gasteiger partial charge in [-0.1, -0.05) is 17.3 Å². The summed E-state index contributed by atoms with van der Waals surface area (Å²) in [5.41, 5.74) is 3.01. The number of amides is 2. The number of anilines is 2. The molecule has 1 N–H and O–H groups in total. The number of hydrogen-bond donors (Lipinski definition) is 1. The van der Waals surface area contributed by atoms with E-state index in [-0.39, 0.29) is 11.8 Å². The summed E-state index contributed by atoms with van der Waals surface area (Å²) in [7, 11) is 0. The van der Waals surface area contributed by atoms with Crippen LogP contribution in [0.5, 0.6) is 0 Å². The predicted molar refractivity (Wildman–Crippen MR) is 113 cm³/mol. The Morgan fingerprint density at radius 1 is 1.21 bits per heavy atom. The van der Waals surface area contributed by atoms with Crippen molar-refractivity contribution < 1.29 is 14.1 Å². The van der Waals surface area contributed by atoms with Gasteiger partial charge >= 0.3 is 0 Å². The van der Waals surface area contributed by atoms with Crippen LogP contribution in [-0.2, 0) is 10.5 Å². The quantitative estimate of drug-likeness (QED) is 0.602. The first kappa shape index (κ1) is 19.3. The lowest BCUT2D eigenvalue weighted by atomic mass is 10.2. The van der Waals surface area contributed by atoms with Gasteiger partial charge in [0.1, 0.15) is 5.76 Å². The van der Waals surface area contributed by atoms with Crippen molar-refractivity contribution in [1.82, 2.24) is 5.16 Å². The molecule has 29 heavy (non-hydrogen) atoms. The maximum Gasteiger partial charge on any atom is 0.256 e. The highest BCUT2D eigenvalue weighted by atomic mass is 32.2. The van der Waals surface area contributed by atoms with Crippen LogP contribution in [0.3, 0.4) is 0 Å². The fourth-order valence-corrected chi connectivity index (χ4v) is 4.19. The molecule has 0 radical (unpaired) electrons. The average Bonchev–Trinajstić information content (AvgIpc) is 3.35. The molecule has 0 spiro atoms. The predicted octanol–water partition coefficient (Wildman–Crippen LogP) is 4.65. The van der Waals surface area contributed by atoms with Crippen LogP contribution in [-0.4, -0.2) is 23.5 Å². The number of aromatic nitrogens is 1. The van der Waals surface area contributed by atoms with Crippen molar-refractivity contribution in [3.8, 4) is 0 Å². The Morgan fingerprint density at radius 2 is 2.00 bits per heavy atom. The minimum absolute atomic E-state index is 0.148. The van der Waals surface area contributed by atoms with Gasteiger partial charge in [-0.3, -0.25) is 9.59 Å². The fraction of sp³-hybridized carbons (Fsp3) is 0.227. The van der Waals surface area contributed by atoms with Gasteiger partial charge in [-0.25, -0.2) is 0 Å². The van der Waals surface area contributed by atoms with Gasteiger partial charge < -0.3 is 14.7 Å². The van der Waals surface area contributed by atoms with E-state index in [0.717, 1.165) is 35.0 Å². The number of hydrogen-bond acceptors (Lipinski definition) is 5. The minimum Gasteiger partial charge on any atom is -0.361 e. The number of nitrogens with one attached hydrogen (secondary N) is 1. The average molecular weight is 407 g/mol. The Kier molecular flexibility index (Phi) is 5.67. The van der Waals surface area contributed by atoms with E-state index in [1.165, 1.54) is 0 Å². The van der Waals surface area contributed by atoms with Crippen LogP contribution in [0.2, 0.25) is 0 Å². The number of nitrogens with zero attached hydrogens (tertiary/aromatic N) is 2. The molecule has 148 valence electrons. The van der Waals surface area contributed by atoms with Gasteiger partial charge in [0.2, 0.25) is 5.91 Å².